The average molecular weight is 157 g/mol. The summed E-state index contributed by atoms with van der Waals surface area (Å²) in [6.07, 6.45) is 0. The maximum absolute atomic E-state index is 6.25. The van der Waals surface area contributed by atoms with Crippen molar-refractivity contribution in [3.8, 4) is 0 Å². The van der Waals surface area contributed by atoms with Gasteiger partial charge >= 0.3 is 51.4 Å². The smallest absolute Gasteiger partial charge is 0.512 e. The number of rotatable bonds is 0. The SMILES string of the molecule is Cc1ccccc1.[C-]#N.[K+]. The van der Waals surface area contributed by atoms with E-state index in [2.05, 4.69) is 19.1 Å². The molecule has 0 radical (unpaired) electrons. The van der Waals surface area contributed by atoms with Gasteiger partial charge in [-0.3, -0.25) is 0 Å². The topological polar surface area (TPSA) is 23.8 Å². The minimum atomic E-state index is 0. The van der Waals surface area contributed by atoms with Crippen molar-refractivity contribution in [2.75, 3.05) is 0 Å². The van der Waals surface area contributed by atoms with Gasteiger partial charge in [0.2, 0.25) is 0 Å². The van der Waals surface area contributed by atoms with Crippen molar-refractivity contribution >= 4 is 0 Å². The number of hydrogen-bond acceptors (Lipinski definition) is 1. The fourth-order valence-electron chi connectivity index (χ4n) is 0.534. The third-order valence-corrected chi connectivity index (χ3v) is 0.940. The molecule has 0 aliphatic carbocycles. The molecule has 0 bridgehead atoms. The molecule has 0 aliphatic rings. The average Bonchev–Trinajstić information content (AvgIpc) is 1.94. The molecule has 0 aliphatic heterocycles. The first-order valence-electron chi connectivity index (χ1n) is 2.63. The first-order chi connectivity index (χ1) is 4.39. The monoisotopic (exact) mass is 157 g/mol. The van der Waals surface area contributed by atoms with Crippen molar-refractivity contribution in [2.24, 2.45) is 0 Å². The van der Waals surface area contributed by atoms with E-state index >= 15 is 0 Å². The summed E-state index contributed by atoms with van der Waals surface area (Å²) in [7, 11) is 0. The molecule has 0 atom stereocenters. The van der Waals surface area contributed by atoms with Crippen LogP contribution in [0.5, 0.6) is 0 Å². The van der Waals surface area contributed by atoms with E-state index in [1.54, 1.807) is 0 Å². The second kappa shape index (κ2) is 9.35. The van der Waals surface area contributed by atoms with Crippen molar-refractivity contribution in [3.63, 3.8) is 0 Å². The van der Waals surface area contributed by atoms with Crippen LogP contribution >= 0.6 is 0 Å². The van der Waals surface area contributed by atoms with Crippen LogP contribution in [0.1, 0.15) is 5.56 Å². The third kappa shape index (κ3) is 6.47. The van der Waals surface area contributed by atoms with E-state index in [0.29, 0.717) is 0 Å². The van der Waals surface area contributed by atoms with Gasteiger partial charge in [-0.2, -0.15) is 0 Å². The molecule has 0 N–H and O–H groups in total. The molecule has 0 spiro atoms. The Bertz CT molecular complexity index is 169. The first kappa shape index (κ1) is 13.0. The Balaban J connectivity index is 0. The quantitative estimate of drug-likeness (QED) is 0.353. The van der Waals surface area contributed by atoms with Crippen molar-refractivity contribution in [2.45, 2.75) is 6.92 Å². The number of benzene rings is 1. The van der Waals surface area contributed by atoms with E-state index in [9.17, 15) is 0 Å². The molecule has 1 nitrogen and oxygen atoms in total. The summed E-state index contributed by atoms with van der Waals surface area (Å²) in [4.78, 5) is 0. The normalized spacial score (nSPS) is 6.30. The number of hydrogen-bond donors (Lipinski definition) is 0. The van der Waals surface area contributed by atoms with Crippen LogP contribution in [0.4, 0.5) is 0 Å². The summed E-state index contributed by atoms with van der Waals surface area (Å²) < 4.78 is 0. The zero-order valence-corrected chi connectivity index (χ0v) is 9.46. The zero-order chi connectivity index (χ0) is 7.11. The molecule has 0 amide bonds. The standard InChI is InChI=1S/C7H8.CN.K/c1-7-5-3-2-4-6-7;1-2;/h2-6H,1H3;;/q;-1;+1. The molecule has 10 heavy (non-hydrogen) atoms. The van der Waals surface area contributed by atoms with Crippen LogP contribution in [-0.2, 0) is 0 Å². The van der Waals surface area contributed by atoms with Gasteiger partial charge < -0.3 is 11.8 Å². The number of nitrogens with zero attached hydrogens (tertiary/aromatic N) is 1. The molecule has 46 valence electrons. The maximum Gasteiger partial charge on any atom is 1.00 e. The molecule has 1 aromatic rings. The van der Waals surface area contributed by atoms with Gasteiger partial charge in [0.15, 0.2) is 0 Å². The van der Waals surface area contributed by atoms with Crippen molar-refractivity contribution in [3.05, 3.63) is 42.5 Å². The van der Waals surface area contributed by atoms with Gasteiger partial charge in [-0.15, -0.1) is 0 Å². The molecule has 0 saturated heterocycles. The Morgan fingerprint density at radius 1 is 1.10 bits per heavy atom. The van der Waals surface area contributed by atoms with Crippen molar-refractivity contribution in [1.29, 1.82) is 5.26 Å². The summed E-state index contributed by atoms with van der Waals surface area (Å²) in [5.41, 5.74) is 1.32. The van der Waals surface area contributed by atoms with Crippen LogP contribution < -0.4 is 51.4 Å². The summed E-state index contributed by atoms with van der Waals surface area (Å²) in [6.45, 7) is 6.83. The van der Waals surface area contributed by atoms with E-state index < -0.39 is 0 Å². The van der Waals surface area contributed by atoms with Gasteiger partial charge in [-0.05, 0) is 6.92 Å². The summed E-state index contributed by atoms with van der Waals surface area (Å²) in [5, 5.41) is 6.25. The van der Waals surface area contributed by atoms with Crippen LogP contribution in [0.15, 0.2) is 30.3 Å². The zero-order valence-electron chi connectivity index (χ0n) is 6.33. The van der Waals surface area contributed by atoms with Crippen LogP contribution in [0, 0.1) is 18.8 Å². The first-order valence-corrected chi connectivity index (χ1v) is 2.63. The molecular weight excluding hydrogens is 149 g/mol. The Kier molecular flexibility index (Phi) is 12.1. The third-order valence-electron chi connectivity index (χ3n) is 0.940. The van der Waals surface area contributed by atoms with Gasteiger partial charge in [0.25, 0.3) is 0 Å². The molecule has 0 fully saturated rings. The molecule has 0 unspecified atom stereocenters. The fraction of sp³-hybridized carbons (Fsp3) is 0.125. The van der Waals surface area contributed by atoms with Gasteiger partial charge in [0.05, 0.1) is 0 Å². The van der Waals surface area contributed by atoms with E-state index in [-0.39, 0.29) is 51.4 Å². The number of aryl methyl sites for hydroxylation is 1. The molecule has 0 heterocycles. The molecule has 0 saturated carbocycles. The summed E-state index contributed by atoms with van der Waals surface area (Å²) in [6, 6.07) is 10.3. The van der Waals surface area contributed by atoms with Gasteiger partial charge in [-0.1, -0.05) is 35.9 Å². The van der Waals surface area contributed by atoms with Crippen molar-refractivity contribution in [1.82, 2.24) is 0 Å². The minimum Gasteiger partial charge on any atom is -0.512 e. The van der Waals surface area contributed by atoms with Crippen LogP contribution in [0.25, 0.3) is 0 Å². The molecule has 1 aromatic carbocycles. The minimum absolute atomic E-state index is 0. The van der Waals surface area contributed by atoms with E-state index in [1.165, 1.54) is 5.56 Å². The second-order valence-corrected chi connectivity index (χ2v) is 1.65. The predicted octanol–water partition coefficient (Wildman–Crippen LogP) is -0.905. The van der Waals surface area contributed by atoms with Gasteiger partial charge in [0.1, 0.15) is 0 Å². The second-order valence-electron chi connectivity index (χ2n) is 1.65. The van der Waals surface area contributed by atoms with Crippen LogP contribution in [0.3, 0.4) is 0 Å². The van der Waals surface area contributed by atoms with Gasteiger partial charge in [0, 0.05) is 0 Å². The molecule has 1 rings (SSSR count). The Morgan fingerprint density at radius 3 is 1.70 bits per heavy atom. The Labute approximate surface area is 104 Å². The summed E-state index contributed by atoms with van der Waals surface area (Å²) in [5.74, 6) is 0. The van der Waals surface area contributed by atoms with E-state index in [1.807, 2.05) is 18.2 Å². The van der Waals surface area contributed by atoms with E-state index in [4.69, 9.17) is 11.8 Å². The van der Waals surface area contributed by atoms with Crippen molar-refractivity contribution < 1.29 is 51.4 Å². The Hall–Kier alpha value is 0.346. The largest absolute Gasteiger partial charge is 1.00 e. The molecule has 2 heteroatoms. The van der Waals surface area contributed by atoms with E-state index in [0.717, 1.165) is 0 Å². The van der Waals surface area contributed by atoms with Gasteiger partial charge in [-0.25, -0.2) is 0 Å². The Morgan fingerprint density at radius 2 is 1.50 bits per heavy atom. The fourth-order valence-corrected chi connectivity index (χ4v) is 0.534. The van der Waals surface area contributed by atoms with Crippen LogP contribution in [0.2, 0.25) is 0 Å². The molecular formula is C8H8KN. The molecule has 0 aromatic heterocycles. The summed E-state index contributed by atoms with van der Waals surface area (Å²) >= 11 is 0. The van der Waals surface area contributed by atoms with Crippen LogP contribution in [-0.4, -0.2) is 0 Å². The predicted molar refractivity (Wildman–Crippen MR) is 36.1 cm³/mol. The maximum atomic E-state index is 6.25.